The van der Waals surface area contributed by atoms with Crippen LogP contribution in [-0.4, -0.2) is 41.0 Å². The lowest BCUT2D eigenvalue weighted by Gasteiger charge is -2.57. The van der Waals surface area contributed by atoms with Crippen molar-refractivity contribution in [2.24, 2.45) is 11.1 Å². The summed E-state index contributed by atoms with van der Waals surface area (Å²) in [6.07, 6.45) is 5.38. The van der Waals surface area contributed by atoms with Crippen molar-refractivity contribution < 1.29 is 14.3 Å². The summed E-state index contributed by atoms with van der Waals surface area (Å²) in [5.41, 5.74) is 7.04. The minimum atomic E-state index is -0.534. The van der Waals surface area contributed by atoms with Crippen LogP contribution in [0.5, 0.6) is 5.88 Å². The van der Waals surface area contributed by atoms with Crippen LogP contribution < -0.4 is 15.8 Å². The van der Waals surface area contributed by atoms with Crippen molar-refractivity contribution in [3.8, 4) is 5.88 Å². The number of urea groups is 1. The van der Waals surface area contributed by atoms with Crippen LogP contribution in [0.15, 0.2) is 48.7 Å². The van der Waals surface area contributed by atoms with E-state index in [1.807, 2.05) is 37.4 Å². The van der Waals surface area contributed by atoms with E-state index >= 15 is 0 Å². The Morgan fingerprint density at radius 2 is 1.90 bits per heavy atom. The van der Waals surface area contributed by atoms with Gasteiger partial charge in [-0.15, -0.1) is 0 Å². The molecule has 0 radical (unpaired) electrons. The van der Waals surface area contributed by atoms with Crippen LogP contribution in [0.3, 0.4) is 0 Å². The molecule has 7 heteroatoms. The monoisotopic (exact) mass is 394 g/mol. The van der Waals surface area contributed by atoms with Crippen LogP contribution in [0.4, 0.5) is 4.79 Å². The van der Waals surface area contributed by atoms with Crippen molar-refractivity contribution in [1.29, 1.82) is 0 Å². The topological polar surface area (TPSA) is 97.6 Å². The Bertz CT molecular complexity index is 888. The number of primary amides is 1. The molecule has 0 saturated heterocycles. The van der Waals surface area contributed by atoms with Gasteiger partial charge in [0.1, 0.15) is 11.7 Å². The number of pyridine rings is 1. The number of amides is 3. The van der Waals surface area contributed by atoms with E-state index in [9.17, 15) is 9.59 Å². The molecule has 3 N–H and O–H groups in total. The number of ether oxygens (including phenoxy) is 1. The average Bonchev–Trinajstić information content (AvgIpc) is 2.65. The predicted octanol–water partition coefficient (Wildman–Crippen LogP) is 2.71. The zero-order valence-corrected chi connectivity index (χ0v) is 16.5. The maximum atomic E-state index is 12.4. The van der Waals surface area contributed by atoms with Gasteiger partial charge in [-0.25, -0.2) is 9.78 Å². The molecule has 1 heterocycles. The molecule has 1 aromatic carbocycles. The first-order valence-electron chi connectivity index (χ1n) is 9.91. The molecule has 0 aliphatic heterocycles. The van der Waals surface area contributed by atoms with Crippen LogP contribution in [0.2, 0.25) is 0 Å². The average molecular weight is 394 g/mol. The number of nitrogens with two attached hydrogens (primary N) is 1. The fourth-order valence-corrected chi connectivity index (χ4v) is 4.45. The van der Waals surface area contributed by atoms with E-state index in [-0.39, 0.29) is 23.6 Å². The van der Waals surface area contributed by atoms with Crippen molar-refractivity contribution >= 4 is 11.9 Å². The van der Waals surface area contributed by atoms with E-state index in [4.69, 9.17) is 10.5 Å². The van der Waals surface area contributed by atoms with Gasteiger partial charge < -0.3 is 20.7 Å². The Morgan fingerprint density at radius 3 is 2.59 bits per heavy atom. The van der Waals surface area contributed by atoms with Gasteiger partial charge in [-0.1, -0.05) is 30.3 Å². The SMILES string of the molecule is CN(Cc1ccccc1)C(=O)NC1CC2(C1)CC(Oc1ncccc1C(N)=O)C2. The quantitative estimate of drug-likeness (QED) is 0.787. The molecule has 2 fully saturated rings. The van der Waals surface area contributed by atoms with Crippen molar-refractivity contribution in [2.45, 2.75) is 44.4 Å². The third-order valence-electron chi connectivity index (χ3n) is 5.93. The van der Waals surface area contributed by atoms with Crippen molar-refractivity contribution in [1.82, 2.24) is 15.2 Å². The lowest BCUT2D eigenvalue weighted by atomic mass is 9.53. The van der Waals surface area contributed by atoms with Gasteiger partial charge in [-0.2, -0.15) is 0 Å². The zero-order chi connectivity index (χ0) is 20.4. The van der Waals surface area contributed by atoms with Gasteiger partial charge in [-0.3, -0.25) is 4.79 Å². The number of rotatable bonds is 6. The van der Waals surface area contributed by atoms with Crippen molar-refractivity contribution in [3.63, 3.8) is 0 Å². The number of nitrogens with zero attached hydrogens (tertiary/aromatic N) is 2. The summed E-state index contributed by atoms with van der Waals surface area (Å²) in [7, 11) is 1.81. The number of carbonyl (C=O) groups excluding carboxylic acids is 2. The van der Waals surface area contributed by atoms with Gasteiger partial charge in [0.15, 0.2) is 0 Å². The minimum absolute atomic E-state index is 0.0413. The van der Waals surface area contributed by atoms with E-state index in [1.54, 1.807) is 23.2 Å². The molecule has 152 valence electrons. The van der Waals surface area contributed by atoms with Gasteiger partial charge >= 0.3 is 6.03 Å². The molecule has 2 aliphatic rings. The van der Waals surface area contributed by atoms with E-state index in [0.717, 1.165) is 31.2 Å². The van der Waals surface area contributed by atoms with Gasteiger partial charge in [0, 0.05) is 25.8 Å². The Balaban J connectivity index is 1.21. The summed E-state index contributed by atoms with van der Waals surface area (Å²) in [5, 5.41) is 3.12. The molecule has 3 amide bonds. The summed E-state index contributed by atoms with van der Waals surface area (Å²) in [6.45, 7) is 0.590. The van der Waals surface area contributed by atoms with Crippen LogP contribution in [0.1, 0.15) is 41.6 Å². The molecule has 2 aromatic rings. The second-order valence-corrected chi connectivity index (χ2v) is 8.26. The zero-order valence-electron chi connectivity index (χ0n) is 16.5. The highest BCUT2D eigenvalue weighted by Crippen LogP contribution is 2.56. The van der Waals surface area contributed by atoms with Crippen LogP contribution in [0.25, 0.3) is 0 Å². The standard InChI is InChI=1S/C22H26N4O3/c1-26(14-15-6-3-2-4-7-15)21(28)25-16-10-22(11-16)12-17(13-22)29-20-18(19(23)27)8-5-9-24-20/h2-9,16-17H,10-14H2,1H3,(H2,23,27)(H,25,28). The highest BCUT2D eigenvalue weighted by molar-refractivity contribution is 5.94. The number of hydrogen-bond donors (Lipinski definition) is 2. The molecular weight excluding hydrogens is 368 g/mol. The largest absolute Gasteiger partial charge is 0.474 e. The molecule has 1 spiro atoms. The van der Waals surface area contributed by atoms with E-state index in [0.29, 0.717) is 18.0 Å². The smallest absolute Gasteiger partial charge is 0.317 e. The first-order valence-corrected chi connectivity index (χ1v) is 9.91. The maximum absolute atomic E-state index is 12.4. The molecule has 0 atom stereocenters. The minimum Gasteiger partial charge on any atom is -0.474 e. The molecule has 1 aromatic heterocycles. The summed E-state index contributed by atoms with van der Waals surface area (Å²) in [4.78, 5) is 29.7. The maximum Gasteiger partial charge on any atom is 0.317 e. The van der Waals surface area contributed by atoms with Crippen LogP contribution in [0, 0.1) is 5.41 Å². The number of hydrogen-bond acceptors (Lipinski definition) is 4. The number of aromatic nitrogens is 1. The highest BCUT2D eigenvalue weighted by Gasteiger charge is 2.54. The first kappa shape index (κ1) is 19.2. The molecule has 29 heavy (non-hydrogen) atoms. The Labute approximate surface area is 170 Å². The Morgan fingerprint density at radius 1 is 1.17 bits per heavy atom. The Hall–Kier alpha value is -3.09. The van der Waals surface area contributed by atoms with Gasteiger partial charge in [0.2, 0.25) is 5.88 Å². The summed E-state index contributed by atoms with van der Waals surface area (Å²) < 4.78 is 5.89. The normalized spacial score (nSPS) is 24.9. The number of nitrogens with one attached hydrogen (secondary N) is 1. The van der Waals surface area contributed by atoms with Gasteiger partial charge in [0.05, 0.1) is 0 Å². The third kappa shape index (κ3) is 4.18. The van der Waals surface area contributed by atoms with Crippen molar-refractivity contribution in [2.75, 3.05) is 7.05 Å². The molecule has 4 rings (SSSR count). The van der Waals surface area contributed by atoms with E-state index in [2.05, 4.69) is 10.3 Å². The Kier molecular flexibility index (Phi) is 5.13. The van der Waals surface area contributed by atoms with Crippen molar-refractivity contribution in [3.05, 3.63) is 59.8 Å². The lowest BCUT2D eigenvalue weighted by Crippen LogP contribution is -2.59. The summed E-state index contributed by atoms with van der Waals surface area (Å²) in [5.74, 6) is -0.222. The lowest BCUT2D eigenvalue weighted by molar-refractivity contribution is -0.0848. The van der Waals surface area contributed by atoms with Crippen LogP contribution in [-0.2, 0) is 6.54 Å². The molecule has 2 aliphatic carbocycles. The highest BCUT2D eigenvalue weighted by atomic mass is 16.5. The number of carbonyl (C=O) groups is 2. The fraction of sp³-hybridized carbons (Fsp3) is 0.409. The fourth-order valence-electron chi connectivity index (χ4n) is 4.45. The molecular formula is C22H26N4O3. The summed E-state index contributed by atoms with van der Waals surface area (Å²) >= 11 is 0. The van der Waals surface area contributed by atoms with Gasteiger partial charge in [-0.05, 0) is 48.8 Å². The molecule has 0 bridgehead atoms. The second-order valence-electron chi connectivity index (χ2n) is 8.26. The van der Waals surface area contributed by atoms with E-state index in [1.165, 1.54) is 0 Å². The molecule has 2 saturated carbocycles. The number of benzene rings is 1. The molecule has 0 unspecified atom stereocenters. The van der Waals surface area contributed by atoms with E-state index < -0.39 is 5.91 Å². The predicted molar refractivity (Wildman–Crippen MR) is 108 cm³/mol. The second kappa shape index (κ2) is 7.73. The van der Waals surface area contributed by atoms with Crippen LogP contribution >= 0.6 is 0 Å². The summed E-state index contributed by atoms with van der Waals surface area (Å²) in [6, 6.07) is 13.4. The van der Waals surface area contributed by atoms with Gasteiger partial charge in [0.25, 0.3) is 5.91 Å². The molecule has 7 nitrogen and oxygen atoms in total. The third-order valence-corrected chi connectivity index (χ3v) is 5.93. The first-order chi connectivity index (χ1) is 13.9.